The van der Waals surface area contributed by atoms with E-state index in [0.717, 1.165) is 12.6 Å². The summed E-state index contributed by atoms with van der Waals surface area (Å²) in [5.41, 5.74) is 5.42. The predicted octanol–water partition coefficient (Wildman–Crippen LogP) is 0.423. The number of aromatic nitrogens is 2. The topological polar surface area (TPSA) is 64.3 Å². The number of nitrogen functional groups attached to an aromatic ring is 1. The summed E-state index contributed by atoms with van der Waals surface area (Å²) in [6, 6.07) is 0.161. The number of likely N-dealkylation sites (N-methyl/N-ethyl adjacent to an activating group) is 1. The first-order valence-electron chi connectivity index (χ1n) is 4.77. The number of hydrogen-bond acceptors (Lipinski definition) is 5. The molecule has 0 saturated carbocycles. The number of ether oxygens (including phenoxy) is 1. The Labute approximate surface area is 87.1 Å². The third-order valence-electron chi connectivity index (χ3n) is 2.53. The van der Waals surface area contributed by atoms with E-state index in [1.165, 1.54) is 0 Å². The minimum absolute atomic E-state index is 0.0807. The molecule has 2 rings (SSSR count). The van der Waals surface area contributed by atoms with Gasteiger partial charge in [-0.3, -0.25) is 0 Å². The van der Waals surface area contributed by atoms with Gasteiger partial charge in [-0.2, -0.15) is 4.98 Å². The standard InChI is InChI=1S/C9H13FN4O/c1-14(6-2-3-15-5-6)8-7(10)4-12-9(11)13-8/h4,6H,2-3,5H2,1H3,(H2,11,12,13). The van der Waals surface area contributed by atoms with Crippen molar-refractivity contribution in [3.05, 3.63) is 12.0 Å². The largest absolute Gasteiger partial charge is 0.379 e. The molecule has 1 aromatic rings. The van der Waals surface area contributed by atoms with Crippen LogP contribution in [0.25, 0.3) is 0 Å². The Balaban J connectivity index is 2.23. The maximum atomic E-state index is 13.4. The van der Waals surface area contributed by atoms with Crippen LogP contribution in [0.3, 0.4) is 0 Å². The normalized spacial score (nSPS) is 20.5. The fraction of sp³-hybridized carbons (Fsp3) is 0.556. The molecule has 1 aliphatic rings. The van der Waals surface area contributed by atoms with Crippen LogP contribution >= 0.6 is 0 Å². The molecule has 0 spiro atoms. The summed E-state index contributed by atoms with van der Waals surface area (Å²) in [6.07, 6.45) is 1.96. The summed E-state index contributed by atoms with van der Waals surface area (Å²) < 4.78 is 18.6. The number of halogens is 1. The third-order valence-corrected chi connectivity index (χ3v) is 2.53. The Bertz CT molecular complexity index is 354. The summed E-state index contributed by atoms with van der Waals surface area (Å²) in [6.45, 7) is 1.30. The molecule has 1 aromatic heterocycles. The highest BCUT2D eigenvalue weighted by atomic mass is 19.1. The molecule has 0 bridgehead atoms. The number of hydrogen-bond donors (Lipinski definition) is 1. The van der Waals surface area contributed by atoms with Crippen molar-refractivity contribution in [2.24, 2.45) is 0 Å². The lowest BCUT2D eigenvalue weighted by Gasteiger charge is -2.24. The van der Waals surface area contributed by atoms with Crippen LogP contribution in [0, 0.1) is 5.82 Å². The van der Waals surface area contributed by atoms with Crippen molar-refractivity contribution in [1.29, 1.82) is 0 Å². The molecule has 6 heteroatoms. The number of rotatable bonds is 2. The van der Waals surface area contributed by atoms with Crippen LogP contribution in [-0.2, 0) is 4.74 Å². The minimum Gasteiger partial charge on any atom is -0.379 e. The van der Waals surface area contributed by atoms with Crippen LogP contribution in [0.5, 0.6) is 0 Å². The van der Waals surface area contributed by atoms with E-state index >= 15 is 0 Å². The molecule has 82 valence electrons. The summed E-state index contributed by atoms with van der Waals surface area (Å²) >= 11 is 0. The van der Waals surface area contributed by atoms with Crippen LogP contribution in [0.4, 0.5) is 16.2 Å². The van der Waals surface area contributed by atoms with Crippen molar-refractivity contribution in [1.82, 2.24) is 9.97 Å². The van der Waals surface area contributed by atoms with Crippen LogP contribution in [-0.4, -0.2) is 36.3 Å². The lowest BCUT2D eigenvalue weighted by atomic mass is 10.2. The maximum absolute atomic E-state index is 13.4. The Hall–Kier alpha value is -1.43. The number of anilines is 2. The summed E-state index contributed by atoms with van der Waals surface area (Å²) in [5, 5.41) is 0. The first kappa shape index (κ1) is 10.1. The van der Waals surface area contributed by atoms with Gasteiger partial charge in [0.05, 0.1) is 18.8 Å². The van der Waals surface area contributed by atoms with Gasteiger partial charge in [0.25, 0.3) is 0 Å². The zero-order chi connectivity index (χ0) is 10.8. The Morgan fingerprint density at radius 1 is 1.67 bits per heavy atom. The zero-order valence-corrected chi connectivity index (χ0v) is 8.48. The van der Waals surface area contributed by atoms with Gasteiger partial charge in [0.15, 0.2) is 11.6 Å². The van der Waals surface area contributed by atoms with Gasteiger partial charge < -0.3 is 15.4 Å². The van der Waals surface area contributed by atoms with Gasteiger partial charge in [-0.1, -0.05) is 0 Å². The second-order valence-electron chi connectivity index (χ2n) is 3.53. The minimum atomic E-state index is -0.460. The predicted molar refractivity (Wildman–Crippen MR) is 54.0 cm³/mol. The van der Waals surface area contributed by atoms with E-state index in [0.29, 0.717) is 13.2 Å². The fourth-order valence-corrected chi connectivity index (χ4v) is 1.62. The quantitative estimate of drug-likeness (QED) is 0.769. The van der Waals surface area contributed by atoms with Crippen LogP contribution < -0.4 is 10.6 Å². The first-order chi connectivity index (χ1) is 7.18. The van der Waals surface area contributed by atoms with Crippen LogP contribution in [0.2, 0.25) is 0 Å². The Kier molecular flexibility index (Phi) is 2.68. The molecule has 0 radical (unpaired) electrons. The maximum Gasteiger partial charge on any atom is 0.222 e. The Morgan fingerprint density at radius 3 is 3.13 bits per heavy atom. The molecule has 5 nitrogen and oxygen atoms in total. The molecule has 1 aliphatic heterocycles. The molecular weight excluding hydrogens is 199 g/mol. The average Bonchev–Trinajstić information content (AvgIpc) is 2.74. The zero-order valence-electron chi connectivity index (χ0n) is 8.48. The van der Waals surface area contributed by atoms with Crippen molar-refractivity contribution in [2.75, 3.05) is 30.9 Å². The molecule has 1 fully saturated rings. The van der Waals surface area contributed by atoms with Gasteiger partial charge >= 0.3 is 0 Å². The smallest absolute Gasteiger partial charge is 0.222 e. The molecule has 1 unspecified atom stereocenters. The van der Waals surface area contributed by atoms with Gasteiger partial charge in [-0.15, -0.1) is 0 Å². The van der Waals surface area contributed by atoms with E-state index in [4.69, 9.17) is 10.5 Å². The molecule has 0 aromatic carbocycles. The van der Waals surface area contributed by atoms with Gasteiger partial charge in [-0.05, 0) is 6.42 Å². The Morgan fingerprint density at radius 2 is 2.47 bits per heavy atom. The molecule has 2 heterocycles. The highest BCUT2D eigenvalue weighted by Crippen LogP contribution is 2.20. The monoisotopic (exact) mass is 212 g/mol. The molecule has 1 saturated heterocycles. The van der Waals surface area contributed by atoms with E-state index in [1.54, 1.807) is 11.9 Å². The van der Waals surface area contributed by atoms with Crippen molar-refractivity contribution in [3.8, 4) is 0 Å². The van der Waals surface area contributed by atoms with Gasteiger partial charge in [-0.25, -0.2) is 9.37 Å². The highest BCUT2D eigenvalue weighted by molar-refractivity contribution is 5.42. The molecule has 2 N–H and O–H groups in total. The molecular formula is C9H13FN4O. The van der Waals surface area contributed by atoms with Crippen molar-refractivity contribution >= 4 is 11.8 Å². The summed E-state index contributed by atoms with van der Waals surface area (Å²) in [4.78, 5) is 9.21. The van der Waals surface area contributed by atoms with Crippen LogP contribution in [0.1, 0.15) is 6.42 Å². The lowest BCUT2D eigenvalue weighted by Crippen LogP contribution is -2.33. The highest BCUT2D eigenvalue weighted by Gasteiger charge is 2.23. The lowest BCUT2D eigenvalue weighted by molar-refractivity contribution is 0.193. The summed E-state index contributed by atoms with van der Waals surface area (Å²) in [7, 11) is 1.78. The first-order valence-corrected chi connectivity index (χ1v) is 4.77. The van der Waals surface area contributed by atoms with E-state index in [-0.39, 0.29) is 17.8 Å². The number of nitrogens with zero attached hydrogens (tertiary/aromatic N) is 3. The second kappa shape index (κ2) is 3.98. The van der Waals surface area contributed by atoms with Gasteiger partial charge in [0.1, 0.15) is 0 Å². The van der Waals surface area contributed by atoms with E-state index in [1.807, 2.05) is 0 Å². The fourth-order valence-electron chi connectivity index (χ4n) is 1.62. The van der Waals surface area contributed by atoms with E-state index in [2.05, 4.69) is 9.97 Å². The molecule has 0 amide bonds. The molecule has 15 heavy (non-hydrogen) atoms. The third kappa shape index (κ3) is 1.99. The van der Waals surface area contributed by atoms with Gasteiger partial charge in [0, 0.05) is 13.7 Å². The average molecular weight is 212 g/mol. The molecule has 1 atom stereocenters. The van der Waals surface area contributed by atoms with E-state index < -0.39 is 5.82 Å². The van der Waals surface area contributed by atoms with Gasteiger partial charge in [0.2, 0.25) is 5.95 Å². The number of nitrogens with two attached hydrogens (primary N) is 1. The molecule has 0 aliphatic carbocycles. The second-order valence-corrected chi connectivity index (χ2v) is 3.53. The SMILES string of the molecule is CN(c1nc(N)ncc1F)C1CCOC1. The van der Waals surface area contributed by atoms with Crippen molar-refractivity contribution in [3.63, 3.8) is 0 Å². The summed E-state index contributed by atoms with van der Waals surface area (Å²) in [5.74, 6) is -0.145. The van der Waals surface area contributed by atoms with E-state index in [9.17, 15) is 4.39 Å². The van der Waals surface area contributed by atoms with Crippen LogP contribution in [0.15, 0.2) is 6.20 Å². The van der Waals surface area contributed by atoms with Crippen molar-refractivity contribution in [2.45, 2.75) is 12.5 Å². The van der Waals surface area contributed by atoms with Crippen molar-refractivity contribution < 1.29 is 9.13 Å².